The average Bonchev–Trinajstić information content (AvgIpc) is 2.56. The van der Waals surface area contributed by atoms with Crippen LogP contribution in [0.3, 0.4) is 0 Å². The molecule has 0 saturated carbocycles. The zero-order valence-electron chi connectivity index (χ0n) is 21.5. The molecule has 0 aliphatic rings. The molecule has 0 radical (unpaired) electrons. The second-order valence-corrected chi connectivity index (χ2v) is 19.8. The van der Waals surface area contributed by atoms with E-state index in [4.69, 9.17) is 19.9 Å². The van der Waals surface area contributed by atoms with Crippen LogP contribution in [0.15, 0.2) is 0 Å². The minimum atomic E-state index is -2.43. The van der Waals surface area contributed by atoms with Crippen molar-refractivity contribution in [2.75, 3.05) is 14.2 Å². The Morgan fingerprint density at radius 3 is 1.55 bits per heavy atom. The van der Waals surface area contributed by atoms with Crippen LogP contribution >= 0.6 is 0 Å². The maximum atomic E-state index is 12.2. The zero-order valence-corrected chi connectivity index (χ0v) is 22.5. The zero-order chi connectivity index (χ0) is 24.2. The standard InChI is InChI=1S/C20H43NO6Si2/c1-19(2,3)28(9,10)26-21(27-29(11,12)20(4,5)6)16(15-18(23)25-8)13-14-17(22)24-7/h16H,13-15H2,1-12H3/i16D. The van der Waals surface area contributed by atoms with E-state index in [-0.39, 0.29) is 29.3 Å². The minimum absolute atomic E-state index is 0.00197. The number of carbonyl (C=O) groups is 2. The van der Waals surface area contributed by atoms with Crippen molar-refractivity contribution < 1.29 is 29.5 Å². The lowest BCUT2D eigenvalue weighted by Gasteiger charge is -2.46. The molecule has 172 valence electrons. The van der Waals surface area contributed by atoms with Gasteiger partial charge < -0.3 is 18.5 Å². The predicted molar refractivity (Wildman–Crippen MR) is 120 cm³/mol. The number of rotatable bonds is 10. The van der Waals surface area contributed by atoms with Crippen LogP contribution in [-0.4, -0.2) is 54.0 Å². The number of methoxy groups -OCH3 is 2. The van der Waals surface area contributed by atoms with Gasteiger partial charge in [-0.1, -0.05) is 46.8 Å². The molecule has 0 heterocycles. The predicted octanol–water partition coefficient (Wildman–Crippen LogP) is 5.05. The van der Waals surface area contributed by atoms with E-state index >= 15 is 0 Å². The summed E-state index contributed by atoms with van der Waals surface area (Å²) in [6.45, 7) is 20.7. The van der Waals surface area contributed by atoms with Crippen molar-refractivity contribution in [1.29, 1.82) is 0 Å². The summed E-state index contributed by atoms with van der Waals surface area (Å²) in [5, 5.41) is 0.912. The number of carbonyl (C=O) groups excluding carboxylic acids is 2. The molecule has 0 aromatic heterocycles. The molecule has 0 rings (SSSR count). The van der Waals surface area contributed by atoms with Gasteiger partial charge in [-0.25, -0.2) is 0 Å². The molecule has 0 aromatic rings. The van der Waals surface area contributed by atoms with Crippen LogP contribution in [0.5, 0.6) is 0 Å². The van der Waals surface area contributed by atoms with E-state index in [2.05, 4.69) is 41.5 Å². The van der Waals surface area contributed by atoms with Gasteiger partial charge in [0.2, 0.25) is 16.6 Å². The van der Waals surface area contributed by atoms with Gasteiger partial charge >= 0.3 is 11.9 Å². The number of nitrogens with zero attached hydrogens (tertiary/aromatic N) is 1. The lowest BCUT2D eigenvalue weighted by molar-refractivity contribution is -0.303. The summed E-state index contributed by atoms with van der Waals surface area (Å²) < 4.78 is 31.6. The summed E-state index contributed by atoms with van der Waals surface area (Å²) >= 11 is 0. The molecule has 0 aromatic carbocycles. The molecule has 1 unspecified atom stereocenters. The first kappa shape index (κ1) is 26.3. The Kier molecular flexibility index (Phi) is 9.54. The lowest BCUT2D eigenvalue weighted by Crippen LogP contribution is -2.55. The van der Waals surface area contributed by atoms with E-state index in [0.29, 0.717) is 0 Å². The van der Waals surface area contributed by atoms with Crippen LogP contribution in [0.2, 0.25) is 36.3 Å². The number of hydrogen-bond acceptors (Lipinski definition) is 7. The van der Waals surface area contributed by atoms with Gasteiger partial charge in [-0.15, -0.1) is 0 Å². The Balaban J connectivity index is 6.29. The number of hydroxylamine groups is 2. The Morgan fingerprint density at radius 1 is 0.862 bits per heavy atom. The highest BCUT2D eigenvalue weighted by Crippen LogP contribution is 2.41. The van der Waals surface area contributed by atoms with Gasteiger partial charge in [-0.3, -0.25) is 9.59 Å². The van der Waals surface area contributed by atoms with Crippen molar-refractivity contribution in [2.24, 2.45) is 0 Å². The second-order valence-electron chi connectivity index (χ2n) is 10.4. The Labute approximate surface area is 181 Å². The van der Waals surface area contributed by atoms with E-state index in [1.165, 1.54) is 19.4 Å². The summed E-state index contributed by atoms with van der Waals surface area (Å²) in [5.41, 5.74) is 0. The smallest absolute Gasteiger partial charge is 0.307 e. The van der Waals surface area contributed by atoms with Crippen LogP contribution < -0.4 is 0 Å². The summed E-state index contributed by atoms with van der Waals surface area (Å²) in [6, 6.07) is -1.65. The van der Waals surface area contributed by atoms with Gasteiger partial charge in [-0.2, -0.15) is 0 Å². The first-order valence-electron chi connectivity index (χ1n) is 10.5. The van der Waals surface area contributed by atoms with Crippen molar-refractivity contribution in [1.82, 2.24) is 5.23 Å². The highest BCUT2D eigenvalue weighted by Gasteiger charge is 2.46. The summed E-state index contributed by atoms with van der Waals surface area (Å²) in [6.07, 6.45) is -0.350. The number of esters is 2. The topological polar surface area (TPSA) is 74.3 Å². The first-order chi connectivity index (χ1) is 13.2. The van der Waals surface area contributed by atoms with Gasteiger partial charge in [0.25, 0.3) is 0 Å². The molecule has 0 N–H and O–H groups in total. The number of ether oxygens (including phenoxy) is 2. The van der Waals surface area contributed by atoms with E-state index in [9.17, 15) is 9.59 Å². The maximum absolute atomic E-state index is 12.2. The van der Waals surface area contributed by atoms with Crippen molar-refractivity contribution in [3.05, 3.63) is 0 Å². The van der Waals surface area contributed by atoms with Crippen LogP contribution in [0.4, 0.5) is 0 Å². The fourth-order valence-corrected chi connectivity index (χ4v) is 3.45. The fraction of sp³-hybridized carbons (Fsp3) is 0.900. The first-order valence-corrected chi connectivity index (χ1v) is 15.9. The third kappa shape index (κ3) is 8.88. The Hall–Kier alpha value is -0.746. The van der Waals surface area contributed by atoms with Crippen molar-refractivity contribution >= 4 is 28.6 Å². The molecule has 0 aliphatic carbocycles. The third-order valence-corrected chi connectivity index (χ3v) is 14.4. The van der Waals surface area contributed by atoms with E-state index in [0.717, 1.165) is 0 Å². The molecule has 0 saturated heterocycles. The normalized spacial score (nSPS) is 16.2. The largest absolute Gasteiger partial charge is 0.469 e. The van der Waals surface area contributed by atoms with Gasteiger partial charge in [0.05, 0.1) is 28.0 Å². The van der Waals surface area contributed by atoms with Gasteiger partial charge in [0, 0.05) is 6.42 Å². The Bertz CT molecular complexity index is 573. The van der Waals surface area contributed by atoms with E-state index in [1.807, 2.05) is 26.2 Å². The molecular weight excluding hydrogens is 406 g/mol. The van der Waals surface area contributed by atoms with E-state index < -0.39 is 34.6 Å². The van der Waals surface area contributed by atoms with Crippen LogP contribution in [0.1, 0.15) is 62.2 Å². The quantitative estimate of drug-likeness (QED) is 0.262. The van der Waals surface area contributed by atoms with Gasteiger partial charge in [-0.05, 0) is 42.7 Å². The second kappa shape index (κ2) is 10.5. The molecule has 0 fully saturated rings. The average molecular weight is 451 g/mol. The lowest BCUT2D eigenvalue weighted by atomic mass is 10.1. The van der Waals surface area contributed by atoms with Crippen LogP contribution in [-0.2, 0) is 28.1 Å². The van der Waals surface area contributed by atoms with Crippen LogP contribution in [0, 0.1) is 0 Å². The Morgan fingerprint density at radius 2 is 1.24 bits per heavy atom. The molecule has 0 bridgehead atoms. The summed E-state index contributed by atoms with van der Waals surface area (Å²) in [7, 11) is -2.28. The minimum Gasteiger partial charge on any atom is -0.469 e. The number of hydrogen-bond donors (Lipinski definition) is 0. The van der Waals surface area contributed by atoms with Crippen molar-refractivity contribution in [3.63, 3.8) is 0 Å². The van der Waals surface area contributed by atoms with E-state index in [1.54, 1.807) is 0 Å². The molecule has 0 spiro atoms. The molecular formula is C20H43NO6Si2. The van der Waals surface area contributed by atoms with Crippen molar-refractivity contribution in [3.8, 4) is 0 Å². The van der Waals surface area contributed by atoms with Crippen LogP contribution in [0.25, 0.3) is 0 Å². The SMILES string of the molecule is [2H]C(CCC(=O)OC)(CC(=O)OC)N(O[Si](C)(C)C(C)(C)C)O[Si](C)(C)C(C)(C)C. The molecule has 7 nitrogen and oxygen atoms in total. The molecule has 1 atom stereocenters. The van der Waals surface area contributed by atoms with Gasteiger partial charge in [0.1, 0.15) is 0 Å². The monoisotopic (exact) mass is 450 g/mol. The molecule has 9 heteroatoms. The maximum Gasteiger partial charge on any atom is 0.307 e. The summed E-state index contributed by atoms with van der Waals surface area (Å²) in [5.74, 6) is -1.03. The highest BCUT2D eigenvalue weighted by atomic mass is 28.4. The summed E-state index contributed by atoms with van der Waals surface area (Å²) in [4.78, 5) is 24.0. The molecule has 0 aliphatic heterocycles. The molecule has 29 heavy (non-hydrogen) atoms. The highest BCUT2D eigenvalue weighted by molar-refractivity contribution is 6.74. The van der Waals surface area contributed by atoms with Gasteiger partial charge in [0.15, 0.2) is 0 Å². The third-order valence-electron chi connectivity index (χ3n) is 5.91. The molecule has 0 amide bonds. The van der Waals surface area contributed by atoms with Crippen molar-refractivity contribution in [2.45, 2.75) is 103 Å². The fourth-order valence-electron chi connectivity index (χ4n) is 1.67.